The van der Waals surface area contributed by atoms with E-state index < -0.39 is 36.1 Å². The van der Waals surface area contributed by atoms with Crippen LogP contribution in [0.5, 0.6) is 0 Å². The molecule has 0 atom stereocenters. The Hall–Kier alpha value is -6.12. The number of hydrogen-bond donors (Lipinski definition) is 1. The maximum atomic E-state index is 14.1. The number of nitrogens with one attached hydrogen (secondary N) is 1. The highest BCUT2D eigenvalue weighted by Gasteiger charge is 2.57. The molecule has 0 heterocycles. The number of hydrazine groups is 1. The molecule has 0 saturated heterocycles. The molecule has 1 N–H and O–H groups in total. The molecule has 0 aromatic heterocycles. The van der Waals surface area contributed by atoms with E-state index in [-0.39, 0.29) is 26.4 Å². The first-order chi connectivity index (χ1) is 22.9. The standard InChI is InChI=1S/C37H34N2O8/c1-2-3-24-37(33(40)44-25-29-16-8-4-9-17-29,34(41)45-26-30-18-10-5-11-19-30)39(36(43)47-28-32-22-14-7-15-23-32)38-35(42)46-27-31-20-12-6-13-21-31/h3-23H,1,24-28H2,(H,38,42). The van der Waals surface area contributed by atoms with E-state index in [0.29, 0.717) is 27.3 Å². The number of hydrogen-bond acceptors (Lipinski definition) is 8. The van der Waals surface area contributed by atoms with Gasteiger partial charge >= 0.3 is 24.1 Å². The summed E-state index contributed by atoms with van der Waals surface area (Å²) in [5, 5.41) is 0.456. The maximum absolute atomic E-state index is 14.1. The molecular weight excluding hydrogens is 600 g/mol. The molecule has 10 nitrogen and oxygen atoms in total. The van der Waals surface area contributed by atoms with Gasteiger partial charge in [0.05, 0.1) is 0 Å². The molecule has 10 heteroatoms. The van der Waals surface area contributed by atoms with Gasteiger partial charge in [0.15, 0.2) is 0 Å². The largest absolute Gasteiger partial charge is 0.459 e. The molecule has 0 aliphatic rings. The summed E-state index contributed by atoms with van der Waals surface area (Å²) in [6.07, 6.45) is -1.69. The first-order valence-corrected chi connectivity index (χ1v) is 14.7. The fourth-order valence-corrected chi connectivity index (χ4v) is 4.36. The second-order valence-corrected chi connectivity index (χ2v) is 10.1. The van der Waals surface area contributed by atoms with Gasteiger partial charge in [-0.2, -0.15) is 5.01 Å². The number of carbonyl (C=O) groups excluding carboxylic acids is 4. The van der Waals surface area contributed by atoms with Crippen molar-refractivity contribution in [3.05, 3.63) is 162 Å². The Bertz CT molecular complexity index is 1600. The fraction of sp³-hybridized carbons (Fsp3) is 0.162. The minimum Gasteiger partial charge on any atom is -0.459 e. The van der Waals surface area contributed by atoms with Gasteiger partial charge < -0.3 is 18.9 Å². The van der Waals surface area contributed by atoms with Crippen molar-refractivity contribution in [1.29, 1.82) is 0 Å². The predicted molar refractivity (Wildman–Crippen MR) is 172 cm³/mol. The third kappa shape index (κ3) is 9.68. The molecule has 0 bridgehead atoms. The third-order valence-electron chi connectivity index (χ3n) is 6.83. The van der Waals surface area contributed by atoms with E-state index in [2.05, 4.69) is 17.7 Å². The van der Waals surface area contributed by atoms with Crippen LogP contribution in [0.4, 0.5) is 9.59 Å². The number of nitrogens with zero attached hydrogens (tertiary/aromatic N) is 1. The van der Waals surface area contributed by atoms with Crippen molar-refractivity contribution in [3.63, 3.8) is 0 Å². The lowest BCUT2D eigenvalue weighted by atomic mass is 9.94. The SMILES string of the molecule is C=C=CCC(C(=O)OCc1ccccc1)(C(=O)OCc1ccccc1)N(NC(=O)OCc1ccccc1)C(=O)OCc1ccccc1. The minimum atomic E-state index is -2.63. The van der Waals surface area contributed by atoms with Crippen molar-refractivity contribution in [2.75, 3.05) is 0 Å². The van der Waals surface area contributed by atoms with Crippen molar-refractivity contribution in [1.82, 2.24) is 10.4 Å². The van der Waals surface area contributed by atoms with E-state index in [9.17, 15) is 19.2 Å². The Labute approximate surface area is 272 Å². The Balaban J connectivity index is 1.72. The van der Waals surface area contributed by atoms with E-state index >= 15 is 0 Å². The average molecular weight is 635 g/mol. The lowest BCUT2D eigenvalue weighted by molar-refractivity contribution is -0.178. The minimum absolute atomic E-state index is 0.171. The first-order valence-electron chi connectivity index (χ1n) is 14.7. The van der Waals surface area contributed by atoms with E-state index in [1.54, 1.807) is 121 Å². The molecule has 4 aromatic carbocycles. The Kier molecular flexibility index (Phi) is 12.5. The Morgan fingerprint density at radius 3 is 1.34 bits per heavy atom. The van der Waals surface area contributed by atoms with Crippen LogP contribution in [0, 0.1) is 0 Å². The Morgan fingerprint density at radius 1 is 0.596 bits per heavy atom. The molecule has 0 aliphatic carbocycles. The molecular formula is C37H34N2O8. The average Bonchev–Trinajstić information content (AvgIpc) is 3.12. The third-order valence-corrected chi connectivity index (χ3v) is 6.83. The second-order valence-electron chi connectivity index (χ2n) is 10.1. The molecule has 4 rings (SSSR count). The number of ether oxygens (including phenoxy) is 4. The van der Waals surface area contributed by atoms with Crippen molar-refractivity contribution in [2.24, 2.45) is 0 Å². The number of carbonyl (C=O) groups is 4. The molecule has 4 aromatic rings. The Morgan fingerprint density at radius 2 is 0.957 bits per heavy atom. The summed E-state index contributed by atoms with van der Waals surface area (Å²) in [4.78, 5) is 55.4. The van der Waals surface area contributed by atoms with Gasteiger partial charge in [0, 0.05) is 6.42 Å². The van der Waals surface area contributed by atoms with Crippen LogP contribution in [0.25, 0.3) is 0 Å². The lowest BCUT2D eigenvalue weighted by Gasteiger charge is -2.37. The summed E-state index contributed by atoms with van der Waals surface area (Å²) in [6.45, 7) is 2.62. The van der Waals surface area contributed by atoms with Gasteiger partial charge in [0.2, 0.25) is 0 Å². The van der Waals surface area contributed by atoms with Crippen molar-refractivity contribution in [2.45, 2.75) is 38.4 Å². The summed E-state index contributed by atoms with van der Waals surface area (Å²) in [6, 6.07) is 35.0. The molecule has 0 radical (unpaired) electrons. The summed E-state index contributed by atoms with van der Waals surface area (Å²) >= 11 is 0. The van der Waals surface area contributed by atoms with Gasteiger partial charge in [-0.3, -0.25) is 0 Å². The van der Waals surface area contributed by atoms with Crippen molar-refractivity contribution < 1.29 is 38.1 Å². The van der Waals surface area contributed by atoms with E-state index in [4.69, 9.17) is 18.9 Å². The van der Waals surface area contributed by atoms with Crippen LogP contribution < -0.4 is 5.43 Å². The summed E-state index contributed by atoms with van der Waals surface area (Å²) in [7, 11) is 0. The maximum Gasteiger partial charge on any atom is 0.430 e. The van der Waals surface area contributed by atoms with E-state index in [1.165, 1.54) is 6.08 Å². The number of esters is 2. The van der Waals surface area contributed by atoms with Gasteiger partial charge in [-0.15, -0.1) is 5.73 Å². The van der Waals surface area contributed by atoms with Crippen molar-refractivity contribution in [3.8, 4) is 0 Å². The van der Waals surface area contributed by atoms with E-state index in [0.717, 1.165) is 0 Å². The molecule has 0 spiro atoms. The topological polar surface area (TPSA) is 120 Å². The van der Waals surface area contributed by atoms with Crippen LogP contribution in [0.2, 0.25) is 0 Å². The van der Waals surface area contributed by atoms with Gasteiger partial charge in [-0.1, -0.05) is 128 Å². The van der Waals surface area contributed by atoms with Gasteiger partial charge in [-0.05, 0) is 28.3 Å². The molecule has 240 valence electrons. The molecule has 0 unspecified atom stereocenters. The van der Waals surface area contributed by atoms with Crippen LogP contribution in [0.15, 0.2) is 140 Å². The first kappa shape index (κ1) is 33.8. The van der Waals surface area contributed by atoms with Crippen molar-refractivity contribution >= 4 is 24.1 Å². The zero-order chi connectivity index (χ0) is 33.3. The molecule has 0 aliphatic heterocycles. The highest BCUT2D eigenvalue weighted by atomic mass is 16.6. The smallest absolute Gasteiger partial charge is 0.430 e. The zero-order valence-corrected chi connectivity index (χ0v) is 25.6. The van der Waals surface area contributed by atoms with Gasteiger partial charge in [0.25, 0.3) is 5.54 Å². The summed E-state index contributed by atoms with van der Waals surface area (Å²) < 4.78 is 22.1. The molecule has 0 saturated carbocycles. The normalized spacial score (nSPS) is 10.5. The van der Waals surface area contributed by atoms with Crippen LogP contribution in [-0.2, 0) is 55.0 Å². The van der Waals surface area contributed by atoms with Crippen LogP contribution in [0.3, 0.4) is 0 Å². The fourth-order valence-electron chi connectivity index (χ4n) is 4.36. The number of benzene rings is 4. The molecule has 2 amide bonds. The monoisotopic (exact) mass is 634 g/mol. The van der Waals surface area contributed by atoms with Gasteiger partial charge in [-0.25, -0.2) is 24.6 Å². The summed E-state index contributed by atoms with van der Waals surface area (Å²) in [5.41, 5.74) is 4.64. The zero-order valence-electron chi connectivity index (χ0n) is 25.6. The highest BCUT2D eigenvalue weighted by molar-refractivity contribution is 6.07. The quantitative estimate of drug-likeness (QED) is 0.0588. The number of amides is 2. The molecule has 0 fully saturated rings. The number of rotatable bonds is 13. The molecule has 47 heavy (non-hydrogen) atoms. The summed E-state index contributed by atoms with van der Waals surface area (Å²) in [5.74, 6) is -2.41. The van der Waals surface area contributed by atoms with Crippen LogP contribution in [0.1, 0.15) is 28.7 Å². The van der Waals surface area contributed by atoms with Crippen LogP contribution in [-0.4, -0.2) is 34.7 Å². The highest BCUT2D eigenvalue weighted by Crippen LogP contribution is 2.27. The second kappa shape index (κ2) is 17.4. The van der Waals surface area contributed by atoms with Crippen LogP contribution >= 0.6 is 0 Å². The predicted octanol–water partition coefficient (Wildman–Crippen LogP) is 6.42. The van der Waals surface area contributed by atoms with Gasteiger partial charge in [0.1, 0.15) is 26.4 Å². The van der Waals surface area contributed by atoms with E-state index in [1.807, 2.05) is 0 Å². The lowest BCUT2D eigenvalue weighted by Crippen LogP contribution is -2.68.